The van der Waals surface area contributed by atoms with Gasteiger partial charge in [-0.05, 0) is 48.9 Å². The molecule has 0 fully saturated rings. The molecule has 0 atom stereocenters. The number of carbonyl (C=O) groups is 1. The van der Waals surface area contributed by atoms with Gasteiger partial charge in [-0.3, -0.25) is 4.79 Å². The Balaban J connectivity index is 1.68. The molecule has 0 spiro atoms. The third-order valence-corrected chi connectivity index (χ3v) is 3.88. The number of methoxy groups -OCH3 is 1. The Bertz CT molecular complexity index is 788. The van der Waals surface area contributed by atoms with Crippen molar-refractivity contribution >= 4 is 5.91 Å². The molecular formula is C20H21NO5. The summed E-state index contributed by atoms with van der Waals surface area (Å²) in [5.74, 6) is 2.33. The highest BCUT2D eigenvalue weighted by atomic mass is 16.5. The van der Waals surface area contributed by atoms with E-state index in [1.54, 1.807) is 42.7 Å². The molecule has 1 amide bonds. The van der Waals surface area contributed by atoms with Gasteiger partial charge in [-0.15, -0.1) is 0 Å². The number of hydrogen-bond donors (Lipinski definition) is 0. The van der Waals surface area contributed by atoms with Crippen LogP contribution in [0.1, 0.15) is 17.1 Å². The van der Waals surface area contributed by atoms with Crippen LogP contribution in [0.5, 0.6) is 11.5 Å². The summed E-state index contributed by atoms with van der Waals surface area (Å²) in [5, 5.41) is 0. The van der Waals surface area contributed by atoms with Gasteiger partial charge in [0.1, 0.15) is 11.5 Å². The monoisotopic (exact) mass is 355 g/mol. The molecule has 26 heavy (non-hydrogen) atoms. The fourth-order valence-corrected chi connectivity index (χ4v) is 2.54. The van der Waals surface area contributed by atoms with E-state index in [0.29, 0.717) is 36.1 Å². The van der Waals surface area contributed by atoms with Gasteiger partial charge in [0.25, 0.3) is 5.91 Å². The minimum atomic E-state index is -0.180. The molecule has 3 aromatic rings. The summed E-state index contributed by atoms with van der Waals surface area (Å²) in [7, 11) is 1.57. The highest BCUT2D eigenvalue weighted by molar-refractivity contribution is 5.77. The maximum absolute atomic E-state index is 12.7. The smallest absolute Gasteiger partial charge is 0.261 e. The van der Waals surface area contributed by atoms with E-state index in [1.807, 2.05) is 31.2 Å². The van der Waals surface area contributed by atoms with Crippen LogP contribution in [0.15, 0.2) is 63.8 Å². The zero-order valence-corrected chi connectivity index (χ0v) is 14.8. The summed E-state index contributed by atoms with van der Waals surface area (Å²) < 4.78 is 21.7. The molecule has 136 valence electrons. The summed E-state index contributed by atoms with van der Waals surface area (Å²) in [6.45, 7) is 2.52. The van der Waals surface area contributed by atoms with Crippen molar-refractivity contribution in [2.75, 3.05) is 13.7 Å². The van der Waals surface area contributed by atoms with E-state index in [2.05, 4.69) is 0 Å². The molecule has 0 bridgehead atoms. The minimum Gasteiger partial charge on any atom is -0.493 e. The van der Waals surface area contributed by atoms with Crippen LogP contribution in [-0.2, 0) is 17.9 Å². The van der Waals surface area contributed by atoms with Crippen molar-refractivity contribution in [3.8, 4) is 11.5 Å². The number of ether oxygens (including phenoxy) is 2. The summed E-state index contributed by atoms with van der Waals surface area (Å²) >= 11 is 0. The van der Waals surface area contributed by atoms with Crippen LogP contribution in [-0.4, -0.2) is 24.5 Å². The normalized spacial score (nSPS) is 10.5. The number of amides is 1. The van der Waals surface area contributed by atoms with Crippen molar-refractivity contribution in [1.29, 1.82) is 0 Å². The molecule has 0 aliphatic carbocycles. The molecule has 0 aliphatic rings. The molecule has 0 unspecified atom stereocenters. The lowest BCUT2D eigenvalue weighted by molar-refractivity contribution is -0.135. The number of benzene rings is 1. The van der Waals surface area contributed by atoms with Crippen molar-refractivity contribution in [3.05, 3.63) is 72.1 Å². The molecule has 0 aliphatic heterocycles. The largest absolute Gasteiger partial charge is 0.493 e. The van der Waals surface area contributed by atoms with Gasteiger partial charge in [0.2, 0.25) is 0 Å². The predicted octanol–water partition coefficient (Wildman–Crippen LogP) is 3.80. The average molecular weight is 355 g/mol. The van der Waals surface area contributed by atoms with Crippen LogP contribution < -0.4 is 9.47 Å². The Morgan fingerprint density at radius 1 is 1.00 bits per heavy atom. The first-order valence-corrected chi connectivity index (χ1v) is 8.25. The second-order valence-corrected chi connectivity index (χ2v) is 5.85. The van der Waals surface area contributed by atoms with E-state index in [1.165, 1.54) is 0 Å². The van der Waals surface area contributed by atoms with Gasteiger partial charge >= 0.3 is 0 Å². The quantitative estimate of drug-likeness (QED) is 0.615. The molecule has 2 aromatic heterocycles. The van der Waals surface area contributed by atoms with Crippen LogP contribution >= 0.6 is 0 Å². The molecule has 0 radical (unpaired) electrons. The minimum absolute atomic E-state index is 0.110. The van der Waals surface area contributed by atoms with Gasteiger partial charge in [-0.25, -0.2) is 0 Å². The van der Waals surface area contributed by atoms with Gasteiger partial charge in [0.05, 0.1) is 32.7 Å². The van der Waals surface area contributed by atoms with Gasteiger partial charge in [0, 0.05) is 0 Å². The second kappa shape index (κ2) is 8.29. The van der Waals surface area contributed by atoms with Crippen molar-refractivity contribution < 1.29 is 23.1 Å². The van der Waals surface area contributed by atoms with Crippen molar-refractivity contribution in [1.82, 2.24) is 4.90 Å². The molecule has 1 aromatic carbocycles. The third-order valence-electron chi connectivity index (χ3n) is 3.88. The number of aryl methyl sites for hydroxylation is 1. The van der Waals surface area contributed by atoms with Gasteiger partial charge in [-0.1, -0.05) is 6.07 Å². The number of carbonyl (C=O) groups excluding carboxylic acids is 1. The van der Waals surface area contributed by atoms with Crippen LogP contribution in [0, 0.1) is 6.92 Å². The third kappa shape index (κ3) is 4.47. The Morgan fingerprint density at radius 2 is 1.65 bits per heavy atom. The Morgan fingerprint density at radius 3 is 2.19 bits per heavy atom. The van der Waals surface area contributed by atoms with Gasteiger partial charge < -0.3 is 23.2 Å². The van der Waals surface area contributed by atoms with Crippen LogP contribution in [0.3, 0.4) is 0 Å². The van der Waals surface area contributed by atoms with Crippen molar-refractivity contribution in [3.63, 3.8) is 0 Å². The molecule has 3 rings (SSSR count). The molecule has 0 N–H and O–H groups in total. The topological polar surface area (TPSA) is 65.1 Å². The first-order chi connectivity index (χ1) is 12.7. The Kier molecular flexibility index (Phi) is 5.63. The van der Waals surface area contributed by atoms with Crippen LogP contribution in [0.25, 0.3) is 0 Å². The SMILES string of the molecule is COc1cc(C)ccc1OCC(=O)N(Cc1ccco1)Cc1ccco1. The fourth-order valence-electron chi connectivity index (χ4n) is 2.54. The predicted molar refractivity (Wildman–Crippen MR) is 94.9 cm³/mol. The van der Waals surface area contributed by atoms with Crippen molar-refractivity contribution in [2.45, 2.75) is 20.0 Å². The first-order valence-electron chi connectivity index (χ1n) is 8.25. The second-order valence-electron chi connectivity index (χ2n) is 5.85. The maximum Gasteiger partial charge on any atom is 0.261 e. The Hall–Kier alpha value is -3.15. The fraction of sp³-hybridized carbons (Fsp3) is 0.250. The standard InChI is InChI=1S/C20H21NO5/c1-15-7-8-18(19(11-15)23-2)26-14-20(22)21(12-16-5-3-9-24-16)13-17-6-4-10-25-17/h3-11H,12-14H2,1-2H3. The van der Waals surface area contributed by atoms with Crippen molar-refractivity contribution in [2.24, 2.45) is 0 Å². The van der Waals surface area contributed by atoms with E-state index in [-0.39, 0.29) is 12.5 Å². The molecule has 6 heteroatoms. The lowest BCUT2D eigenvalue weighted by atomic mass is 10.2. The van der Waals surface area contributed by atoms with E-state index in [9.17, 15) is 4.79 Å². The Labute approximate surface area is 151 Å². The summed E-state index contributed by atoms with van der Waals surface area (Å²) in [6, 6.07) is 12.8. The summed E-state index contributed by atoms with van der Waals surface area (Å²) in [6.07, 6.45) is 3.16. The highest BCUT2D eigenvalue weighted by Crippen LogP contribution is 2.27. The van der Waals surface area contributed by atoms with E-state index >= 15 is 0 Å². The van der Waals surface area contributed by atoms with E-state index in [4.69, 9.17) is 18.3 Å². The van der Waals surface area contributed by atoms with Crippen LogP contribution in [0.2, 0.25) is 0 Å². The van der Waals surface area contributed by atoms with E-state index < -0.39 is 0 Å². The highest BCUT2D eigenvalue weighted by Gasteiger charge is 2.18. The molecular weight excluding hydrogens is 334 g/mol. The zero-order chi connectivity index (χ0) is 18.4. The number of hydrogen-bond acceptors (Lipinski definition) is 5. The van der Waals surface area contributed by atoms with E-state index in [0.717, 1.165) is 5.56 Å². The van der Waals surface area contributed by atoms with Gasteiger partial charge in [-0.2, -0.15) is 0 Å². The lowest BCUT2D eigenvalue weighted by Gasteiger charge is -2.21. The maximum atomic E-state index is 12.7. The molecule has 2 heterocycles. The molecule has 6 nitrogen and oxygen atoms in total. The first kappa shape index (κ1) is 17.7. The lowest BCUT2D eigenvalue weighted by Crippen LogP contribution is -2.33. The zero-order valence-electron chi connectivity index (χ0n) is 14.8. The molecule has 0 saturated heterocycles. The molecule has 0 saturated carbocycles. The van der Waals surface area contributed by atoms with Gasteiger partial charge in [0.15, 0.2) is 18.1 Å². The number of rotatable bonds is 8. The summed E-state index contributed by atoms with van der Waals surface area (Å²) in [5.41, 5.74) is 1.05. The number of furan rings is 2. The average Bonchev–Trinajstić information content (AvgIpc) is 3.33. The number of nitrogens with zero attached hydrogens (tertiary/aromatic N) is 1. The van der Waals surface area contributed by atoms with Crippen LogP contribution in [0.4, 0.5) is 0 Å². The summed E-state index contributed by atoms with van der Waals surface area (Å²) in [4.78, 5) is 14.3.